The highest BCUT2D eigenvalue weighted by Crippen LogP contribution is 2.16. The molecule has 12 heavy (non-hydrogen) atoms. The van der Waals surface area contributed by atoms with Crippen LogP contribution in [0.3, 0.4) is 0 Å². The van der Waals surface area contributed by atoms with E-state index in [1.165, 1.54) is 0 Å². The van der Waals surface area contributed by atoms with E-state index < -0.39 is 0 Å². The Hall–Kier alpha value is -1.11. The van der Waals surface area contributed by atoms with Crippen molar-refractivity contribution in [2.75, 3.05) is 7.11 Å². The Morgan fingerprint density at radius 1 is 1.75 bits per heavy atom. The van der Waals surface area contributed by atoms with Crippen LogP contribution in [0.2, 0.25) is 5.02 Å². The molecule has 1 aromatic heterocycles. The lowest BCUT2D eigenvalue weighted by Gasteiger charge is -2.01. The first-order valence-corrected chi connectivity index (χ1v) is 3.69. The molecule has 0 amide bonds. The Balaban J connectivity index is 3.11. The van der Waals surface area contributed by atoms with Crippen molar-refractivity contribution in [3.05, 3.63) is 28.5 Å². The van der Waals surface area contributed by atoms with Crippen molar-refractivity contribution in [1.82, 2.24) is 4.98 Å². The topological polar surface area (TPSA) is 45.9 Å². The van der Waals surface area contributed by atoms with Crippen molar-refractivity contribution in [3.63, 3.8) is 0 Å². The van der Waals surface area contributed by atoms with Crippen LogP contribution in [0.15, 0.2) is 12.3 Å². The van der Waals surface area contributed by atoms with E-state index in [9.17, 15) is 0 Å². The summed E-state index contributed by atoms with van der Waals surface area (Å²) >= 11 is 5.75. The number of halogens is 1. The highest BCUT2D eigenvalue weighted by Gasteiger charge is 2.06. The number of methoxy groups -OCH3 is 1. The zero-order valence-corrected chi connectivity index (χ0v) is 7.30. The number of ether oxygens (including phenoxy) is 1. The largest absolute Gasteiger partial charge is 0.378 e. The summed E-state index contributed by atoms with van der Waals surface area (Å²) in [5.41, 5.74) is 0.966. The van der Waals surface area contributed by atoms with Gasteiger partial charge in [0.1, 0.15) is 6.07 Å². The molecule has 0 saturated carbocycles. The summed E-state index contributed by atoms with van der Waals surface area (Å²) in [6.07, 6.45) is 1.55. The van der Waals surface area contributed by atoms with E-state index in [2.05, 4.69) is 4.98 Å². The predicted octanol–water partition coefficient (Wildman–Crippen LogP) is 1.75. The molecule has 1 rings (SSSR count). The molecule has 0 N–H and O–H groups in total. The first-order chi connectivity index (χ1) is 5.79. The number of pyridine rings is 1. The molecule has 0 radical (unpaired) electrons. The van der Waals surface area contributed by atoms with E-state index in [4.69, 9.17) is 21.6 Å². The van der Waals surface area contributed by atoms with Gasteiger partial charge < -0.3 is 4.74 Å². The van der Waals surface area contributed by atoms with E-state index in [1.54, 1.807) is 19.4 Å². The fourth-order valence-electron chi connectivity index (χ4n) is 0.842. The van der Waals surface area contributed by atoms with Crippen molar-refractivity contribution in [2.45, 2.75) is 6.61 Å². The lowest BCUT2D eigenvalue weighted by molar-refractivity contribution is 0.181. The van der Waals surface area contributed by atoms with Crippen LogP contribution in [0.25, 0.3) is 0 Å². The molecular formula is C8H7ClN2O. The number of hydrogen-bond donors (Lipinski definition) is 0. The summed E-state index contributed by atoms with van der Waals surface area (Å²) in [7, 11) is 1.55. The average Bonchev–Trinajstić information content (AvgIpc) is 2.05. The second-order valence-corrected chi connectivity index (χ2v) is 2.57. The Kier molecular flexibility index (Phi) is 3.03. The van der Waals surface area contributed by atoms with E-state index in [0.717, 1.165) is 0 Å². The third-order valence-corrected chi connectivity index (χ3v) is 1.69. The number of rotatable bonds is 2. The first-order valence-electron chi connectivity index (χ1n) is 3.32. The van der Waals surface area contributed by atoms with Gasteiger partial charge >= 0.3 is 0 Å². The minimum absolute atomic E-state index is 0.309. The summed E-state index contributed by atoms with van der Waals surface area (Å²) in [5, 5.41) is 9.11. The Morgan fingerprint density at radius 3 is 3.08 bits per heavy atom. The fraction of sp³-hybridized carbons (Fsp3) is 0.250. The van der Waals surface area contributed by atoms with Crippen LogP contribution in [0, 0.1) is 11.3 Å². The molecule has 0 aliphatic carbocycles. The van der Waals surface area contributed by atoms with Crippen molar-refractivity contribution < 1.29 is 4.74 Å². The molecule has 3 nitrogen and oxygen atoms in total. The quantitative estimate of drug-likeness (QED) is 0.700. The molecule has 0 spiro atoms. The van der Waals surface area contributed by atoms with Crippen LogP contribution in [0.1, 0.15) is 11.3 Å². The second-order valence-electron chi connectivity index (χ2n) is 2.16. The summed E-state index contributed by atoms with van der Waals surface area (Å²) in [6, 6.07) is 3.56. The van der Waals surface area contributed by atoms with Gasteiger partial charge in [0.15, 0.2) is 0 Å². The number of hydrogen-bond acceptors (Lipinski definition) is 3. The van der Waals surface area contributed by atoms with Gasteiger partial charge in [-0.1, -0.05) is 11.6 Å². The third-order valence-electron chi connectivity index (χ3n) is 1.37. The minimum atomic E-state index is 0.309. The van der Waals surface area contributed by atoms with E-state index in [1.807, 2.05) is 6.07 Å². The van der Waals surface area contributed by atoms with Crippen LogP contribution < -0.4 is 0 Å². The van der Waals surface area contributed by atoms with Gasteiger partial charge in [-0.15, -0.1) is 0 Å². The fourth-order valence-corrected chi connectivity index (χ4v) is 1.05. The van der Waals surface area contributed by atoms with E-state index in [0.29, 0.717) is 22.9 Å². The molecule has 1 aromatic rings. The van der Waals surface area contributed by atoms with Crippen LogP contribution in [0.5, 0.6) is 0 Å². The third kappa shape index (κ3) is 1.73. The second kappa shape index (κ2) is 4.05. The normalized spacial score (nSPS) is 9.42. The van der Waals surface area contributed by atoms with Crippen molar-refractivity contribution >= 4 is 11.6 Å². The SMILES string of the molecule is COCc1nccc(Cl)c1C#N. The van der Waals surface area contributed by atoms with Gasteiger partial charge in [0.2, 0.25) is 0 Å². The summed E-state index contributed by atoms with van der Waals surface area (Å²) in [6.45, 7) is 0.309. The zero-order chi connectivity index (χ0) is 8.97. The Labute approximate surface area is 75.6 Å². The maximum Gasteiger partial charge on any atom is 0.103 e. The average molecular weight is 183 g/mol. The molecule has 0 saturated heterocycles. The number of aromatic nitrogens is 1. The standard InChI is InChI=1S/C8H7ClN2O/c1-12-5-8-6(4-10)7(9)2-3-11-8/h2-3H,5H2,1H3. The molecule has 0 bridgehead atoms. The molecule has 0 fully saturated rings. The highest BCUT2D eigenvalue weighted by molar-refractivity contribution is 6.31. The van der Waals surface area contributed by atoms with Gasteiger partial charge in [-0.3, -0.25) is 4.98 Å². The van der Waals surface area contributed by atoms with Gasteiger partial charge in [-0.05, 0) is 6.07 Å². The highest BCUT2D eigenvalue weighted by atomic mass is 35.5. The van der Waals surface area contributed by atoms with Gasteiger partial charge in [-0.25, -0.2) is 0 Å². The molecule has 0 aliphatic rings. The van der Waals surface area contributed by atoms with Crippen LogP contribution >= 0.6 is 11.6 Å². The van der Waals surface area contributed by atoms with Crippen LogP contribution in [-0.2, 0) is 11.3 Å². The number of nitrogens with zero attached hydrogens (tertiary/aromatic N) is 2. The lowest BCUT2D eigenvalue weighted by atomic mass is 10.2. The van der Waals surface area contributed by atoms with Gasteiger partial charge in [0.05, 0.1) is 22.9 Å². The van der Waals surface area contributed by atoms with Gasteiger partial charge in [0, 0.05) is 13.3 Å². The van der Waals surface area contributed by atoms with Crippen LogP contribution in [0.4, 0.5) is 0 Å². The number of nitriles is 1. The van der Waals surface area contributed by atoms with Crippen molar-refractivity contribution in [1.29, 1.82) is 5.26 Å². The predicted molar refractivity (Wildman–Crippen MR) is 44.7 cm³/mol. The van der Waals surface area contributed by atoms with Gasteiger partial charge in [-0.2, -0.15) is 5.26 Å². The molecule has 4 heteroatoms. The maximum atomic E-state index is 8.70. The first kappa shape index (κ1) is 8.98. The Bertz CT molecular complexity index is 319. The summed E-state index contributed by atoms with van der Waals surface area (Å²) < 4.78 is 4.85. The molecule has 1 heterocycles. The zero-order valence-electron chi connectivity index (χ0n) is 6.54. The van der Waals surface area contributed by atoms with E-state index >= 15 is 0 Å². The summed E-state index contributed by atoms with van der Waals surface area (Å²) in [5.74, 6) is 0. The molecule has 0 atom stereocenters. The molecular weight excluding hydrogens is 176 g/mol. The Morgan fingerprint density at radius 2 is 2.50 bits per heavy atom. The van der Waals surface area contributed by atoms with E-state index in [-0.39, 0.29) is 0 Å². The minimum Gasteiger partial charge on any atom is -0.378 e. The molecule has 0 unspecified atom stereocenters. The lowest BCUT2D eigenvalue weighted by Crippen LogP contribution is -1.96. The molecule has 62 valence electrons. The molecule has 0 aromatic carbocycles. The monoisotopic (exact) mass is 182 g/mol. The van der Waals surface area contributed by atoms with Crippen molar-refractivity contribution in [3.8, 4) is 6.07 Å². The molecule has 0 aliphatic heterocycles. The smallest absolute Gasteiger partial charge is 0.103 e. The van der Waals surface area contributed by atoms with Crippen LogP contribution in [-0.4, -0.2) is 12.1 Å². The van der Waals surface area contributed by atoms with Gasteiger partial charge in [0.25, 0.3) is 0 Å². The van der Waals surface area contributed by atoms with Crippen molar-refractivity contribution in [2.24, 2.45) is 0 Å². The summed E-state index contributed by atoms with van der Waals surface area (Å²) in [4.78, 5) is 3.97. The maximum absolute atomic E-state index is 8.70.